The van der Waals surface area contributed by atoms with Crippen LogP contribution in [0.5, 0.6) is 5.75 Å². The number of anilines is 1. The second kappa shape index (κ2) is 8.61. The third kappa shape index (κ3) is 4.12. The zero-order valence-corrected chi connectivity index (χ0v) is 16.9. The molecule has 28 heavy (non-hydrogen) atoms. The number of para-hydroxylation sites is 2. The number of amides is 1. The summed E-state index contributed by atoms with van der Waals surface area (Å²) in [6.45, 7) is 2.32. The standard InChI is InChI=1S/C22H25N3O2S/c1-27-19-10-4-2-7-16(19)12-13-23-21(26)17-8-6-14-25(15-17)22-24-18-9-3-5-11-20(18)28-22/h2-5,7,9-11,17H,6,8,12-15H2,1H3,(H,23,26). The van der Waals surface area contributed by atoms with Gasteiger partial charge in [0.25, 0.3) is 0 Å². The second-order valence-electron chi connectivity index (χ2n) is 7.10. The van der Waals surface area contributed by atoms with Crippen molar-refractivity contribution >= 4 is 32.6 Å². The summed E-state index contributed by atoms with van der Waals surface area (Å²) >= 11 is 1.71. The third-order valence-electron chi connectivity index (χ3n) is 5.23. The average Bonchev–Trinajstić information content (AvgIpc) is 3.18. The highest BCUT2D eigenvalue weighted by molar-refractivity contribution is 7.22. The van der Waals surface area contributed by atoms with Crippen LogP contribution < -0.4 is 15.0 Å². The minimum absolute atomic E-state index is 0.0124. The lowest BCUT2D eigenvalue weighted by atomic mass is 9.97. The first-order chi connectivity index (χ1) is 13.7. The molecule has 1 unspecified atom stereocenters. The molecule has 1 aliphatic rings. The Morgan fingerprint density at radius 1 is 1.25 bits per heavy atom. The minimum atomic E-state index is 0.0124. The Hall–Kier alpha value is -2.60. The Labute approximate surface area is 169 Å². The van der Waals surface area contributed by atoms with Gasteiger partial charge in [0.1, 0.15) is 5.75 Å². The molecule has 0 radical (unpaired) electrons. The summed E-state index contributed by atoms with van der Waals surface area (Å²) < 4.78 is 6.58. The summed E-state index contributed by atoms with van der Waals surface area (Å²) in [6, 6.07) is 16.1. The topological polar surface area (TPSA) is 54.5 Å². The van der Waals surface area contributed by atoms with Gasteiger partial charge in [-0.25, -0.2) is 4.98 Å². The monoisotopic (exact) mass is 395 g/mol. The molecule has 3 aromatic rings. The van der Waals surface area contributed by atoms with Gasteiger partial charge in [0, 0.05) is 19.6 Å². The molecule has 4 rings (SSSR count). The van der Waals surface area contributed by atoms with E-state index in [1.807, 2.05) is 42.5 Å². The SMILES string of the molecule is COc1ccccc1CCNC(=O)C1CCCN(c2nc3ccccc3s2)C1. The first-order valence-corrected chi connectivity index (χ1v) is 10.6. The van der Waals surface area contributed by atoms with Gasteiger partial charge in [-0.2, -0.15) is 0 Å². The fourth-order valence-electron chi connectivity index (χ4n) is 3.73. The summed E-state index contributed by atoms with van der Waals surface area (Å²) in [6.07, 6.45) is 2.71. The number of carbonyl (C=O) groups excluding carboxylic acids is 1. The molecule has 0 spiro atoms. The van der Waals surface area contributed by atoms with Crippen LogP contribution >= 0.6 is 11.3 Å². The van der Waals surface area contributed by atoms with Crippen molar-refractivity contribution in [3.63, 3.8) is 0 Å². The van der Waals surface area contributed by atoms with Crippen LogP contribution in [0.1, 0.15) is 18.4 Å². The van der Waals surface area contributed by atoms with Crippen LogP contribution in [-0.4, -0.2) is 37.6 Å². The number of carbonyl (C=O) groups is 1. The van der Waals surface area contributed by atoms with Crippen molar-refractivity contribution in [3.8, 4) is 5.75 Å². The predicted molar refractivity (Wildman–Crippen MR) is 114 cm³/mol. The predicted octanol–water partition coefficient (Wildman–Crippen LogP) is 3.88. The van der Waals surface area contributed by atoms with Gasteiger partial charge in [0.2, 0.25) is 5.91 Å². The van der Waals surface area contributed by atoms with Crippen molar-refractivity contribution in [3.05, 3.63) is 54.1 Å². The van der Waals surface area contributed by atoms with Crippen LogP contribution in [0.3, 0.4) is 0 Å². The molecule has 1 aliphatic heterocycles. The molecule has 0 bridgehead atoms. The molecule has 1 atom stereocenters. The maximum atomic E-state index is 12.7. The fraction of sp³-hybridized carbons (Fsp3) is 0.364. The highest BCUT2D eigenvalue weighted by Crippen LogP contribution is 2.31. The Balaban J connectivity index is 1.34. The van der Waals surface area contributed by atoms with E-state index < -0.39 is 0 Å². The molecule has 6 heteroatoms. The smallest absolute Gasteiger partial charge is 0.224 e. The molecule has 1 saturated heterocycles. The number of nitrogens with zero attached hydrogens (tertiary/aromatic N) is 2. The van der Waals surface area contributed by atoms with Gasteiger partial charge in [0.05, 0.1) is 23.2 Å². The normalized spacial score (nSPS) is 16.9. The Bertz CT molecular complexity index is 923. The first kappa shape index (κ1) is 18.7. The van der Waals surface area contributed by atoms with E-state index >= 15 is 0 Å². The zero-order valence-electron chi connectivity index (χ0n) is 16.1. The van der Waals surface area contributed by atoms with Gasteiger partial charge in [-0.1, -0.05) is 41.7 Å². The van der Waals surface area contributed by atoms with Gasteiger partial charge in [0.15, 0.2) is 5.13 Å². The molecule has 0 aliphatic carbocycles. The summed E-state index contributed by atoms with van der Waals surface area (Å²) in [5, 5.41) is 4.13. The molecular weight excluding hydrogens is 370 g/mol. The number of methoxy groups -OCH3 is 1. The maximum Gasteiger partial charge on any atom is 0.224 e. The number of fused-ring (bicyclic) bond motifs is 1. The van der Waals surface area contributed by atoms with Crippen molar-refractivity contribution in [2.75, 3.05) is 31.6 Å². The number of hydrogen-bond acceptors (Lipinski definition) is 5. The third-order valence-corrected chi connectivity index (χ3v) is 6.33. The van der Waals surface area contributed by atoms with Gasteiger partial charge in [-0.3, -0.25) is 4.79 Å². The van der Waals surface area contributed by atoms with Crippen LogP contribution in [0.2, 0.25) is 0 Å². The minimum Gasteiger partial charge on any atom is -0.496 e. The van der Waals surface area contributed by atoms with E-state index in [1.165, 1.54) is 4.70 Å². The first-order valence-electron chi connectivity index (χ1n) is 9.74. The van der Waals surface area contributed by atoms with Crippen LogP contribution in [0.25, 0.3) is 10.2 Å². The van der Waals surface area contributed by atoms with Gasteiger partial charge in [-0.05, 0) is 43.0 Å². The lowest BCUT2D eigenvalue weighted by Gasteiger charge is -2.31. The lowest BCUT2D eigenvalue weighted by Crippen LogP contribution is -2.43. The highest BCUT2D eigenvalue weighted by Gasteiger charge is 2.27. The van der Waals surface area contributed by atoms with E-state index in [1.54, 1.807) is 18.4 Å². The van der Waals surface area contributed by atoms with E-state index in [2.05, 4.69) is 16.3 Å². The summed E-state index contributed by atoms with van der Waals surface area (Å²) in [5.74, 6) is 1.02. The van der Waals surface area contributed by atoms with Crippen molar-refractivity contribution in [2.24, 2.45) is 5.92 Å². The molecule has 2 heterocycles. The van der Waals surface area contributed by atoms with Crippen molar-refractivity contribution < 1.29 is 9.53 Å². The number of ether oxygens (including phenoxy) is 1. The Morgan fingerprint density at radius 3 is 2.93 bits per heavy atom. The Morgan fingerprint density at radius 2 is 2.07 bits per heavy atom. The highest BCUT2D eigenvalue weighted by atomic mass is 32.1. The molecule has 1 N–H and O–H groups in total. The Kier molecular flexibility index (Phi) is 5.76. The second-order valence-corrected chi connectivity index (χ2v) is 8.11. The van der Waals surface area contributed by atoms with E-state index in [0.717, 1.165) is 54.3 Å². The number of thiazole rings is 1. The van der Waals surface area contributed by atoms with Gasteiger partial charge >= 0.3 is 0 Å². The molecule has 1 fully saturated rings. The van der Waals surface area contributed by atoms with Crippen LogP contribution in [-0.2, 0) is 11.2 Å². The largest absolute Gasteiger partial charge is 0.496 e. The molecule has 1 aromatic heterocycles. The number of benzene rings is 2. The van der Waals surface area contributed by atoms with Crippen LogP contribution in [0.4, 0.5) is 5.13 Å². The van der Waals surface area contributed by atoms with Gasteiger partial charge in [-0.15, -0.1) is 0 Å². The van der Waals surface area contributed by atoms with E-state index in [9.17, 15) is 4.79 Å². The number of piperidine rings is 1. The quantitative estimate of drug-likeness (QED) is 0.688. The van der Waals surface area contributed by atoms with E-state index in [-0.39, 0.29) is 11.8 Å². The van der Waals surface area contributed by atoms with Crippen molar-refractivity contribution in [2.45, 2.75) is 19.3 Å². The molecule has 2 aromatic carbocycles. The fourth-order valence-corrected chi connectivity index (χ4v) is 4.73. The number of nitrogens with one attached hydrogen (secondary N) is 1. The van der Waals surface area contributed by atoms with Crippen LogP contribution in [0.15, 0.2) is 48.5 Å². The molecule has 0 saturated carbocycles. The van der Waals surface area contributed by atoms with Crippen molar-refractivity contribution in [1.82, 2.24) is 10.3 Å². The summed E-state index contributed by atoms with van der Waals surface area (Å²) in [7, 11) is 1.68. The van der Waals surface area contributed by atoms with E-state index in [4.69, 9.17) is 9.72 Å². The summed E-state index contributed by atoms with van der Waals surface area (Å²) in [4.78, 5) is 19.7. The zero-order chi connectivity index (χ0) is 19.3. The number of hydrogen-bond donors (Lipinski definition) is 1. The average molecular weight is 396 g/mol. The lowest BCUT2D eigenvalue weighted by molar-refractivity contribution is -0.125. The summed E-state index contributed by atoms with van der Waals surface area (Å²) in [5.41, 5.74) is 2.15. The van der Waals surface area contributed by atoms with Crippen molar-refractivity contribution in [1.29, 1.82) is 0 Å². The van der Waals surface area contributed by atoms with Crippen LogP contribution in [0, 0.1) is 5.92 Å². The number of aromatic nitrogens is 1. The molecule has 5 nitrogen and oxygen atoms in total. The molecule has 146 valence electrons. The number of rotatable bonds is 6. The van der Waals surface area contributed by atoms with E-state index in [0.29, 0.717) is 6.54 Å². The molecular formula is C22H25N3O2S. The maximum absolute atomic E-state index is 12.7. The van der Waals surface area contributed by atoms with Gasteiger partial charge < -0.3 is 15.0 Å². The molecule has 1 amide bonds.